The smallest absolute Gasteiger partial charge is 0.131 e. The second-order valence-electron chi connectivity index (χ2n) is 4.09. The maximum Gasteiger partial charge on any atom is 0.131 e. The summed E-state index contributed by atoms with van der Waals surface area (Å²) in [6, 6.07) is 13.3. The molecule has 0 amide bonds. The van der Waals surface area contributed by atoms with Crippen molar-refractivity contribution in [1.29, 1.82) is 0 Å². The van der Waals surface area contributed by atoms with Gasteiger partial charge in [0.15, 0.2) is 0 Å². The van der Waals surface area contributed by atoms with E-state index in [0.717, 1.165) is 16.5 Å². The monoisotopic (exact) mass is 270 g/mol. The number of aliphatic imine (C=N–C) groups is 1. The van der Waals surface area contributed by atoms with E-state index < -0.39 is 0 Å². The molecule has 3 rings (SSSR count). The maximum atomic E-state index is 6.29. The third kappa shape index (κ3) is 2.18. The minimum absolute atomic E-state index is 0.436. The normalized spacial score (nSPS) is 11.9. The summed E-state index contributed by atoms with van der Waals surface area (Å²) < 4.78 is 0. The van der Waals surface area contributed by atoms with Gasteiger partial charge in [-0.1, -0.05) is 41.9 Å². The highest BCUT2D eigenvalue weighted by atomic mass is 35.5. The lowest BCUT2D eigenvalue weighted by Crippen LogP contribution is -2.12. The molecule has 0 radical (unpaired) electrons. The molecule has 19 heavy (non-hydrogen) atoms. The van der Waals surface area contributed by atoms with Crippen LogP contribution in [0.3, 0.4) is 0 Å². The van der Waals surface area contributed by atoms with E-state index in [1.54, 1.807) is 6.20 Å². The van der Waals surface area contributed by atoms with Gasteiger partial charge >= 0.3 is 0 Å². The standard InChI is InChI=1S/C14H11ClN4/c15-13-10-8-17-19-11(10)6-7-12(13)18-14(16)9-4-2-1-3-5-9/h1-8H,(H2,16,18)(H,17,19). The number of aromatic amines is 1. The SMILES string of the molecule is NC(=Nc1ccc2[nH]ncc2c1Cl)c1ccccc1. The molecule has 0 saturated carbocycles. The minimum Gasteiger partial charge on any atom is -0.383 e. The molecule has 0 atom stereocenters. The molecule has 0 aliphatic carbocycles. The van der Waals surface area contributed by atoms with Crippen LogP contribution in [0, 0.1) is 0 Å². The molecule has 4 nitrogen and oxygen atoms in total. The van der Waals surface area contributed by atoms with E-state index in [1.807, 2.05) is 42.5 Å². The second kappa shape index (κ2) is 4.74. The number of H-pyrrole nitrogens is 1. The Balaban J connectivity index is 2.08. The molecular weight excluding hydrogens is 260 g/mol. The zero-order chi connectivity index (χ0) is 13.2. The van der Waals surface area contributed by atoms with Crippen LogP contribution < -0.4 is 5.73 Å². The fourth-order valence-corrected chi connectivity index (χ4v) is 2.12. The molecule has 94 valence electrons. The van der Waals surface area contributed by atoms with Crippen molar-refractivity contribution >= 4 is 34.0 Å². The van der Waals surface area contributed by atoms with E-state index in [9.17, 15) is 0 Å². The molecule has 3 aromatic rings. The Morgan fingerprint density at radius 2 is 1.95 bits per heavy atom. The number of benzene rings is 2. The van der Waals surface area contributed by atoms with Gasteiger partial charge in [-0.2, -0.15) is 5.10 Å². The van der Waals surface area contributed by atoms with Gasteiger partial charge < -0.3 is 5.73 Å². The van der Waals surface area contributed by atoms with Gasteiger partial charge in [0, 0.05) is 10.9 Å². The molecule has 3 N–H and O–H groups in total. The lowest BCUT2D eigenvalue weighted by atomic mass is 10.2. The molecular formula is C14H11ClN4. The van der Waals surface area contributed by atoms with Gasteiger partial charge in [0.05, 0.1) is 22.4 Å². The molecule has 2 aromatic carbocycles. The van der Waals surface area contributed by atoms with Crippen LogP contribution >= 0.6 is 11.6 Å². The molecule has 5 heteroatoms. The zero-order valence-corrected chi connectivity index (χ0v) is 10.7. The highest BCUT2D eigenvalue weighted by molar-refractivity contribution is 6.38. The molecule has 0 aliphatic rings. The average molecular weight is 271 g/mol. The van der Waals surface area contributed by atoms with Crippen LogP contribution in [0.4, 0.5) is 5.69 Å². The van der Waals surface area contributed by atoms with Gasteiger partial charge in [-0.15, -0.1) is 0 Å². The highest BCUT2D eigenvalue weighted by Gasteiger charge is 2.07. The summed E-state index contributed by atoms with van der Waals surface area (Å²) in [5, 5.41) is 8.19. The molecule has 0 bridgehead atoms. The van der Waals surface area contributed by atoms with Crippen molar-refractivity contribution in [3.05, 3.63) is 59.2 Å². The van der Waals surface area contributed by atoms with Gasteiger partial charge in [-0.25, -0.2) is 4.99 Å². The average Bonchev–Trinajstić information content (AvgIpc) is 2.92. The summed E-state index contributed by atoms with van der Waals surface area (Å²) in [4.78, 5) is 4.38. The van der Waals surface area contributed by atoms with E-state index in [1.165, 1.54) is 0 Å². The van der Waals surface area contributed by atoms with Crippen LogP contribution in [0.15, 0.2) is 53.7 Å². The number of nitrogens with two attached hydrogens (primary N) is 1. The Morgan fingerprint density at radius 1 is 1.16 bits per heavy atom. The van der Waals surface area contributed by atoms with E-state index in [4.69, 9.17) is 17.3 Å². The Morgan fingerprint density at radius 3 is 2.74 bits per heavy atom. The summed E-state index contributed by atoms with van der Waals surface area (Å²) in [5.74, 6) is 0.436. The van der Waals surface area contributed by atoms with Gasteiger partial charge in [-0.3, -0.25) is 5.10 Å². The Labute approximate surface area is 114 Å². The summed E-state index contributed by atoms with van der Waals surface area (Å²) in [6.07, 6.45) is 1.68. The molecule has 1 heterocycles. The predicted octanol–water partition coefficient (Wildman–Crippen LogP) is 3.25. The highest BCUT2D eigenvalue weighted by Crippen LogP contribution is 2.32. The predicted molar refractivity (Wildman–Crippen MR) is 77.9 cm³/mol. The van der Waals surface area contributed by atoms with Crippen LogP contribution in [-0.2, 0) is 0 Å². The maximum absolute atomic E-state index is 6.29. The second-order valence-corrected chi connectivity index (χ2v) is 4.47. The van der Waals surface area contributed by atoms with Crippen LogP contribution in [0.2, 0.25) is 5.02 Å². The van der Waals surface area contributed by atoms with Crippen LogP contribution in [-0.4, -0.2) is 16.0 Å². The van der Waals surface area contributed by atoms with E-state index >= 15 is 0 Å². The number of halogens is 1. The molecule has 0 fully saturated rings. The van der Waals surface area contributed by atoms with Crippen molar-refractivity contribution in [1.82, 2.24) is 10.2 Å². The number of hydrogen-bond donors (Lipinski definition) is 2. The Kier molecular flexibility index (Phi) is 2.93. The first-order valence-electron chi connectivity index (χ1n) is 5.77. The third-order valence-electron chi connectivity index (χ3n) is 2.85. The number of aromatic nitrogens is 2. The molecule has 0 spiro atoms. The van der Waals surface area contributed by atoms with E-state index in [-0.39, 0.29) is 0 Å². The first-order valence-corrected chi connectivity index (χ1v) is 6.14. The van der Waals surface area contributed by atoms with Crippen molar-refractivity contribution in [2.75, 3.05) is 0 Å². The van der Waals surface area contributed by atoms with Gasteiger partial charge in [-0.05, 0) is 12.1 Å². The van der Waals surface area contributed by atoms with Gasteiger partial charge in [0.25, 0.3) is 0 Å². The topological polar surface area (TPSA) is 67.1 Å². The first kappa shape index (κ1) is 11.7. The summed E-state index contributed by atoms with van der Waals surface area (Å²) in [6.45, 7) is 0. The van der Waals surface area contributed by atoms with Crippen LogP contribution in [0.1, 0.15) is 5.56 Å². The van der Waals surface area contributed by atoms with Crippen LogP contribution in [0.25, 0.3) is 10.9 Å². The summed E-state index contributed by atoms with van der Waals surface area (Å²) in [7, 11) is 0. The van der Waals surface area contributed by atoms with Crippen molar-refractivity contribution in [3.8, 4) is 0 Å². The molecule has 0 saturated heterocycles. The quantitative estimate of drug-likeness (QED) is 0.554. The lowest BCUT2D eigenvalue weighted by Gasteiger charge is -2.03. The molecule has 1 aromatic heterocycles. The van der Waals surface area contributed by atoms with Gasteiger partial charge in [0.1, 0.15) is 5.84 Å². The molecule has 0 aliphatic heterocycles. The van der Waals surface area contributed by atoms with Gasteiger partial charge in [0.2, 0.25) is 0 Å². The van der Waals surface area contributed by atoms with E-state index in [2.05, 4.69) is 15.2 Å². The largest absolute Gasteiger partial charge is 0.383 e. The number of fused-ring (bicyclic) bond motifs is 1. The molecule has 0 unspecified atom stereocenters. The first-order chi connectivity index (χ1) is 9.25. The number of nitrogens with one attached hydrogen (secondary N) is 1. The van der Waals surface area contributed by atoms with Crippen LogP contribution in [0.5, 0.6) is 0 Å². The minimum atomic E-state index is 0.436. The van der Waals surface area contributed by atoms with Crippen molar-refractivity contribution < 1.29 is 0 Å². The van der Waals surface area contributed by atoms with Crippen molar-refractivity contribution in [2.45, 2.75) is 0 Å². The zero-order valence-electron chi connectivity index (χ0n) is 9.97. The summed E-state index contributed by atoms with van der Waals surface area (Å²) >= 11 is 6.29. The number of rotatable bonds is 2. The lowest BCUT2D eigenvalue weighted by molar-refractivity contribution is 1.12. The fourth-order valence-electron chi connectivity index (χ4n) is 1.86. The fraction of sp³-hybridized carbons (Fsp3) is 0. The van der Waals surface area contributed by atoms with Crippen molar-refractivity contribution in [2.24, 2.45) is 10.7 Å². The van der Waals surface area contributed by atoms with Crippen molar-refractivity contribution in [3.63, 3.8) is 0 Å². The van der Waals surface area contributed by atoms with E-state index in [0.29, 0.717) is 16.5 Å². The number of nitrogens with zero attached hydrogens (tertiary/aromatic N) is 2. The summed E-state index contributed by atoms with van der Waals surface area (Å²) in [5.41, 5.74) is 8.36. The Bertz CT molecular complexity index is 746. The third-order valence-corrected chi connectivity index (χ3v) is 3.25. The number of amidine groups is 1. The Hall–Kier alpha value is -2.33. The number of hydrogen-bond acceptors (Lipinski definition) is 2.